The van der Waals surface area contributed by atoms with E-state index in [1.807, 2.05) is 11.9 Å². The second kappa shape index (κ2) is 51.2. The largest absolute Gasteiger partial charge is 0.395 e. The van der Waals surface area contributed by atoms with Crippen molar-refractivity contribution in [1.29, 1.82) is 0 Å². The summed E-state index contributed by atoms with van der Waals surface area (Å²) in [5, 5.41) is 37.0. The molecule has 7 aromatic carbocycles. The van der Waals surface area contributed by atoms with Crippen LogP contribution in [0.4, 0.5) is 0 Å². The number of nitrogens with zero attached hydrogens (tertiary/aromatic N) is 4. The van der Waals surface area contributed by atoms with Crippen LogP contribution in [0, 0.1) is 48.5 Å². The molecule has 0 radical (unpaired) electrons. The minimum atomic E-state index is -0.250. The molecule has 2 heterocycles. The number of aryl methyl sites for hydroxylation is 7. The van der Waals surface area contributed by atoms with Gasteiger partial charge in [0.15, 0.2) is 0 Å². The van der Waals surface area contributed by atoms with Gasteiger partial charge in [-0.2, -0.15) is 0 Å². The van der Waals surface area contributed by atoms with Gasteiger partial charge in [-0.25, -0.2) is 0 Å². The van der Waals surface area contributed by atoms with Gasteiger partial charge in [-0.05, 0) is 320 Å². The van der Waals surface area contributed by atoms with Crippen molar-refractivity contribution in [2.75, 3.05) is 152 Å². The second-order valence-corrected chi connectivity index (χ2v) is 40.4. The summed E-state index contributed by atoms with van der Waals surface area (Å²) < 4.78 is 10.5. The molecule has 7 saturated carbocycles. The van der Waals surface area contributed by atoms with Crippen LogP contribution in [-0.4, -0.2) is 205 Å². The number of primary amides is 1. The maximum absolute atomic E-state index is 10.9. The molecule has 15 heteroatoms. The van der Waals surface area contributed by atoms with Crippen LogP contribution in [0.5, 0.6) is 0 Å². The van der Waals surface area contributed by atoms with Crippen LogP contribution >= 0.6 is 0 Å². The Labute approximate surface area is 768 Å². The average Bonchev–Trinajstić information content (AvgIpc) is 1.51. The van der Waals surface area contributed by atoms with E-state index >= 15 is 0 Å². The zero-order chi connectivity index (χ0) is 90.6. The highest BCUT2D eigenvalue weighted by atomic mass is 16.5. The lowest BCUT2D eigenvalue weighted by Gasteiger charge is -2.44. The molecule has 0 unspecified atom stereocenters. The van der Waals surface area contributed by atoms with Gasteiger partial charge >= 0.3 is 0 Å². The molecule has 698 valence electrons. The van der Waals surface area contributed by atoms with Gasteiger partial charge in [-0.3, -0.25) is 19.4 Å². The van der Waals surface area contributed by atoms with Gasteiger partial charge in [0, 0.05) is 66.4 Å². The van der Waals surface area contributed by atoms with Crippen molar-refractivity contribution in [1.82, 2.24) is 35.6 Å². The molecule has 7 aliphatic carbocycles. The van der Waals surface area contributed by atoms with E-state index in [9.17, 15) is 14.7 Å². The van der Waals surface area contributed by atoms with Gasteiger partial charge in [0.1, 0.15) is 0 Å². The first-order valence-electron chi connectivity index (χ1n) is 49.5. The zero-order valence-electron chi connectivity index (χ0n) is 80.7. The Morgan fingerprint density at radius 3 is 0.953 bits per heavy atom. The minimum Gasteiger partial charge on any atom is -0.395 e. The number of carbonyl (C=O) groups excluding carboxylic acids is 2. The summed E-state index contributed by atoms with van der Waals surface area (Å²) in [6, 6.07) is 63.4. The van der Waals surface area contributed by atoms with Crippen LogP contribution in [0.15, 0.2) is 170 Å². The summed E-state index contributed by atoms with van der Waals surface area (Å²) in [4.78, 5) is 31.1. The molecule has 0 bridgehead atoms. The molecule has 2 amide bonds. The number of morpholine rings is 1. The summed E-state index contributed by atoms with van der Waals surface area (Å²) in [5.74, 6) is -0.177. The third-order valence-corrected chi connectivity index (χ3v) is 31.1. The fraction of sp³-hybridized carbons (Fsp3) is 0.607. The van der Waals surface area contributed by atoms with E-state index in [1.54, 1.807) is 19.6 Å². The van der Waals surface area contributed by atoms with Crippen molar-refractivity contribution in [2.24, 2.45) is 5.73 Å². The van der Waals surface area contributed by atoms with Crippen LogP contribution in [0.2, 0.25) is 0 Å². The van der Waals surface area contributed by atoms with E-state index in [2.05, 4.69) is 256 Å². The molecule has 7 aromatic rings. The lowest BCUT2D eigenvalue weighted by molar-refractivity contribution is -0.119. The van der Waals surface area contributed by atoms with Crippen LogP contribution in [0.25, 0.3) is 0 Å². The Morgan fingerprint density at radius 2 is 0.685 bits per heavy atom. The van der Waals surface area contributed by atoms with Gasteiger partial charge in [0.25, 0.3) is 0 Å². The maximum Gasteiger partial charge on any atom is 0.231 e. The topological polar surface area (TPSA) is 188 Å². The highest BCUT2D eigenvalue weighted by Crippen LogP contribution is 2.52. The summed E-state index contributed by atoms with van der Waals surface area (Å²) >= 11 is 0. The number of carbonyl (C=O) groups is 2. The maximum atomic E-state index is 10.9. The summed E-state index contributed by atoms with van der Waals surface area (Å²) in [5.41, 5.74) is 28.0. The van der Waals surface area contributed by atoms with Crippen LogP contribution in [0.3, 0.4) is 0 Å². The van der Waals surface area contributed by atoms with E-state index in [1.165, 1.54) is 246 Å². The molecular formula is C112H168N8O7. The molecule has 2 aliphatic heterocycles. The van der Waals surface area contributed by atoms with Crippen molar-refractivity contribution < 1.29 is 34.4 Å². The quantitative estimate of drug-likeness (QED) is 0.0182. The number of aliphatic hydroxyl groups excluding tert-OH is 3. The van der Waals surface area contributed by atoms with Crippen molar-refractivity contribution in [3.05, 3.63) is 248 Å². The van der Waals surface area contributed by atoms with Crippen LogP contribution < -0.4 is 21.7 Å². The molecular weight excluding hydrogens is 1570 g/mol. The summed E-state index contributed by atoms with van der Waals surface area (Å²) in [6.07, 6.45) is 37.2. The number of ether oxygens (including phenoxy) is 2. The molecule has 0 aromatic heterocycles. The number of likely N-dealkylation sites (tertiary alicyclic amines) is 1. The number of likely N-dealkylation sites (N-methyl/N-ethyl adjacent to an activating group) is 2. The Hall–Kier alpha value is -6.96. The first-order chi connectivity index (χ1) is 61.3. The van der Waals surface area contributed by atoms with E-state index < -0.39 is 0 Å². The number of nitrogens with two attached hydrogens (primary N) is 1. The Bertz CT molecular complexity index is 4190. The number of hydrogen-bond acceptors (Lipinski definition) is 13. The summed E-state index contributed by atoms with van der Waals surface area (Å²) in [7, 11) is 5.81. The number of aliphatic hydroxyl groups is 3. The summed E-state index contributed by atoms with van der Waals surface area (Å²) in [6.45, 7) is 34.0. The normalized spacial score (nSPS) is 19.6. The first-order valence-corrected chi connectivity index (χ1v) is 49.5. The lowest BCUT2D eigenvalue weighted by atomic mass is 9.62. The number of benzene rings is 7. The monoisotopic (exact) mass is 1740 g/mol. The van der Waals surface area contributed by atoms with E-state index in [0.29, 0.717) is 51.0 Å². The molecule has 15 nitrogen and oxygen atoms in total. The predicted molar refractivity (Wildman–Crippen MR) is 528 cm³/mol. The molecule has 127 heavy (non-hydrogen) atoms. The second-order valence-electron chi connectivity index (χ2n) is 40.4. The SMILES string of the molecule is CC(=O)NCCC1(c2ccc(C)cc2)CCC1.COCCNCCC1(c2ccc(C)cc2)CCC1.Cc1ccc(C2(CCN(C)CC(N)=O)CCC2)cc1.Cc1ccc(C2(CCN(C)CCO)CCC2)cc1.Cc1ccc(C2(CCN3CCOCC3)CCC2)cc1.Cc1ccc(C2(CCN3CC[C@H](O)C3)CCC2)cc1.Cc1ccc(C2(CCNCCO)CCC2)cc1. The van der Waals surface area contributed by atoms with E-state index in [0.717, 1.165) is 118 Å². The Morgan fingerprint density at radius 1 is 0.394 bits per heavy atom. The lowest BCUT2D eigenvalue weighted by Crippen LogP contribution is -2.42. The third kappa shape index (κ3) is 30.5. The smallest absolute Gasteiger partial charge is 0.231 e. The van der Waals surface area contributed by atoms with Crippen LogP contribution in [0.1, 0.15) is 271 Å². The number of amides is 2. The van der Waals surface area contributed by atoms with Crippen LogP contribution in [-0.2, 0) is 57.0 Å². The molecule has 9 aliphatic rings. The van der Waals surface area contributed by atoms with E-state index in [-0.39, 0.29) is 31.1 Å². The molecule has 8 N–H and O–H groups in total. The number of nitrogens with one attached hydrogen (secondary N) is 3. The molecule has 16 rings (SSSR count). The molecule has 2 saturated heterocycles. The average molecular weight is 1740 g/mol. The number of hydrogen-bond donors (Lipinski definition) is 7. The third-order valence-electron chi connectivity index (χ3n) is 31.1. The van der Waals surface area contributed by atoms with Crippen molar-refractivity contribution in [2.45, 2.75) is 286 Å². The molecule has 0 spiro atoms. The highest BCUT2D eigenvalue weighted by Gasteiger charge is 2.44. The fourth-order valence-corrected chi connectivity index (χ4v) is 21.0. The van der Waals surface area contributed by atoms with Gasteiger partial charge in [-0.1, -0.05) is 254 Å². The van der Waals surface area contributed by atoms with Crippen molar-refractivity contribution in [3.8, 4) is 0 Å². The van der Waals surface area contributed by atoms with E-state index in [4.69, 9.17) is 25.4 Å². The molecule has 9 fully saturated rings. The van der Waals surface area contributed by atoms with Gasteiger partial charge in [-0.15, -0.1) is 0 Å². The highest BCUT2D eigenvalue weighted by molar-refractivity contribution is 5.75. The van der Waals surface area contributed by atoms with Gasteiger partial charge in [0.2, 0.25) is 11.8 Å². The standard InChI is InChI=1S/2C17H25NO.C16H24N2O.2C16H25NO.C15H21NO.C15H23NO/c1-14-3-5-15(6-4-14)17(8-2-9-17)10-12-18-11-7-16(19)13-18;1-15-3-5-16(6-4-15)17(7-2-8-17)9-10-18-11-13-19-14-12-18;1-13-4-6-14(7-5-13)16(8-3-9-16)10-11-18(2)12-15(17)19;1-14-4-6-15(7-5-14)16(8-3-9-16)10-11-17-12-13-18-2;1-14-4-6-15(7-5-14)16(8-3-9-16)10-11-17(2)12-13-18;1-12-4-6-14(7-5-12)15(8-3-9-15)10-11-16-13(2)17;1-13-3-5-14(6-4-13)15(7-2-8-15)9-10-16-11-12-17/h3-6,16,19H,2,7-13H2,1H3;3-6H,2,7-14H2,1H3;4-7H,3,8-12H2,1-2H3,(H2,17,19);4-7,17H,3,8-13H2,1-2H3;4-7,18H,3,8-13H2,1-2H3;4-7H,3,8-11H2,1-2H3,(H,16,17);3-6,16-17H,2,7-12H2,1H3/t16-;;;;;;/m0....../s1. The number of rotatable bonds is 37. The Balaban J connectivity index is 0.000000155. The van der Waals surface area contributed by atoms with Gasteiger partial charge < -0.3 is 56.3 Å². The Kier molecular flexibility index (Phi) is 41.2. The zero-order valence-corrected chi connectivity index (χ0v) is 80.7. The number of methoxy groups -OCH3 is 1. The predicted octanol–water partition coefficient (Wildman–Crippen LogP) is 19.3. The first kappa shape index (κ1) is 102. The van der Waals surface area contributed by atoms with Gasteiger partial charge in [0.05, 0.1) is 45.7 Å². The minimum absolute atomic E-state index is 0.0726. The fourth-order valence-electron chi connectivity index (χ4n) is 21.0. The number of β-amino-alcohol motifs (C(OH)–C–C–N with tert-alkyl or cyclic N) is 1. The van der Waals surface area contributed by atoms with Crippen molar-refractivity contribution in [3.63, 3.8) is 0 Å². The molecule has 1 atom stereocenters. The van der Waals surface area contributed by atoms with Crippen molar-refractivity contribution >= 4 is 11.8 Å².